The molecule has 0 atom stereocenters. The van der Waals surface area contributed by atoms with Gasteiger partial charge >= 0.3 is 0 Å². The zero-order valence-electron chi connectivity index (χ0n) is 13.2. The fourth-order valence-corrected chi connectivity index (χ4v) is 2.50. The van der Waals surface area contributed by atoms with Gasteiger partial charge in [-0.1, -0.05) is 12.1 Å². The number of rotatable bonds is 5. The standard InChI is InChI=1S/C17H19N3O3/c1-3-20(17-19-14-6-4-5-7-15(14)23-17)9-13-12(10-21)8-18-11(2)16(13)22/h4-8,21-22H,3,9-10H2,1-2H3. The summed E-state index contributed by atoms with van der Waals surface area (Å²) in [7, 11) is 0. The van der Waals surface area contributed by atoms with E-state index in [-0.39, 0.29) is 12.4 Å². The number of aryl methyl sites for hydroxylation is 1. The van der Waals surface area contributed by atoms with Crippen LogP contribution in [0.5, 0.6) is 5.75 Å². The molecule has 6 nitrogen and oxygen atoms in total. The van der Waals surface area contributed by atoms with Crippen molar-refractivity contribution < 1.29 is 14.6 Å². The highest BCUT2D eigenvalue weighted by atomic mass is 16.4. The van der Waals surface area contributed by atoms with Crippen LogP contribution in [-0.4, -0.2) is 26.7 Å². The number of nitrogens with zero attached hydrogens (tertiary/aromatic N) is 3. The third-order valence-corrected chi connectivity index (χ3v) is 3.88. The third-order valence-electron chi connectivity index (χ3n) is 3.88. The topological polar surface area (TPSA) is 82.6 Å². The van der Waals surface area contributed by atoms with Gasteiger partial charge in [-0.25, -0.2) is 0 Å². The van der Waals surface area contributed by atoms with Crippen LogP contribution < -0.4 is 4.90 Å². The Kier molecular flexibility index (Phi) is 4.16. The van der Waals surface area contributed by atoms with Gasteiger partial charge in [0.2, 0.25) is 0 Å². The zero-order valence-corrected chi connectivity index (χ0v) is 13.2. The van der Waals surface area contributed by atoms with Gasteiger partial charge in [-0.2, -0.15) is 4.98 Å². The number of oxazole rings is 1. The number of hydrogen-bond donors (Lipinski definition) is 2. The van der Waals surface area contributed by atoms with E-state index in [4.69, 9.17) is 4.42 Å². The molecule has 0 bridgehead atoms. The number of anilines is 1. The summed E-state index contributed by atoms with van der Waals surface area (Å²) in [6.07, 6.45) is 1.59. The van der Waals surface area contributed by atoms with Crippen LogP contribution in [-0.2, 0) is 13.2 Å². The first-order chi connectivity index (χ1) is 11.1. The summed E-state index contributed by atoms with van der Waals surface area (Å²) >= 11 is 0. The van der Waals surface area contributed by atoms with Crippen LogP contribution in [0.3, 0.4) is 0 Å². The first-order valence-electron chi connectivity index (χ1n) is 7.51. The smallest absolute Gasteiger partial charge is 0.298 e. The molecule has 0 aliphatic heterocycles. The minimum absolute atomic E-state index is 0.103. The molecule has 6 heteroatoms. The molecule has 0 saturated heterocycles. The van der Waals surface area contributed by atoms with Crippen LogP contribution in [0.1, 0.15) is 23.7 Å². The molecule has 0 saturated carbocycles. The second-order valence-electron chi connectivity index (χ2n) is 5.33. The van der Waals surface area contributed by atoms with Crippen molar-refractivity contribution in [3.05, 3.63) is 47.3 Å². The van der Waals surface area contributed by atoms with E-state index >= 15 is 0 Å². The van der Waals surface area contributed by atoms with Gasteiger partial charge < -0.3 is 19.5 Å². The van der Waals surface area contributed by atoms with Crippen LogP contribution in [0.4, 0.5) is 6.01 Å². The Morgan fingerprint density at radius 3 is 2.74 bits per heavy atom. The molecule has 0 aliphatic carbocycles. The zero-order chi connectivity index (χ0) is 16.4. The average molecular weight is 313 g/mol. The van der Waals surface area contributed by atoms with Crippen molar-refractivity contribution in [1.82, 2.24) is 9.97 Å². The SMILES string of the molecule is CCN(Cc1c(CO)cnc(C)c1O)c1nc2ccccc2o1. The van der Waals surface area contributed by atoms with E-state index in [0.29, 0.717) is 35.9 Å². The number of benzene rings is 1. The van der Waals surface area contributed by atoms with Crippen LogP contribution in [0.15, 0.2) is 34.9 Å². The Morgan fingerprint density at radius 2 is 2.04 bits per heavy atom. The van der Waals surface area contributed by atoms with E-state index in [1.54, 1.807) is 13.1 Å². The Bertz CT molecular complexity index is 796. The Balaban J connectivity index is 1.98. The molecule has 2 heterocycles. The molecule has 2 aromatic heterocycles. The van der Waals surface area contributed by atoms with Gasteiger partial charge in [0.25, 0.3) is 6.01 Å². The first kappa shape index (κ1) is 15.3. The Labute approximate surface area is 134 Å². The number of aromatic hydroxyl groups is 1. The minimum atomic E-state index is -0.179. The fourth-order valence-electron chi connectivity index (χ4n) is 2.50. The highest BCUT2D eigenvalue weighted by Gasteiger charge is 2.18. The first-order valence-corrected chi connectivity index (χ1v) is 7.51. The van der Waals surface area contributed by atoms with E-state index in [9.17, 15) is 10.2 Å². The van der Waals surface area contributed by atoms with E-state index in [1.807, 2.05) is 36.1 Å². The van der Waals surface area contributed by atoms with Gasteiger partial charge in [-0.15, -0.1) is 0 Å². The quantitative estimate of drug-likeness (QED) is 0.753. The normalized spacial score (nSPS) is 11.1. The number of pyridine rings is 1. The van der Waals surface area contributed by atoms with Crippen LogP contribution in [0.25, 0.3) is 11.1 Å². The van der Waals surface area contributed by atoms with Crippen LogP contribution >= 0.6 is 0 Å². The van der Waals surface area contributed by atoms with Gasteiger partial charge in [-0.05, 0) is 26.0 Å². The highest BCUT2D eigenvalue weighted by Crippen LogP contribution is 2.28. The summed E-state index contributed by atoms with van der Waals surface area (Å²) in [4.78, 5) is 10.5. The van der Waals surface area contributed by atoms with Crippen molar-refractivity contribution in [1.29, 1.82) is 0 Å². The molecule has 3 rings (SSSR count). The second-order valence-corrected chi connectivity index (χ2v) is 5.33. The van der Waals surface area contributed by atoms with Crippen LogP contribution in [0, 0.1) is 6.92 Å². The minimum Gasteiger partial charge on any atom is -0.506 e. The maximum absolute atomic E-state index is 10.3. The highest BCUT2D eigenvalue weighted by molar-refractivity contribution is 5.74. The Morgan fingerprint density at radius 1 is 1.26 bits per heavy atom. The van der Waals surface area contributed by atoms with Crippen LogP contribution in [0.2, 0.25) is 0 Å². The molecule has 0 unspecified atom stereocenters. The summed E-state index contributed by atoms with van der Waals surface area (Å²) in [5.41, 5.74) is 3.29. The molecule has 3 aromatic rings. The lowest BCUT2D eigenvalue weighted by Crippen LogP contribution is -2.23. The fraction of sp³-hybridized carbons (Fsp3) is 0.294. The van der Waals surface area contributed by atoms with Crippen molar-refractivity contribution in [2.45, 2.75) is 27.0 Å². The summed E-state index contributed by atoms with van der Waals surface area (Å²) < 4.78 is 5.79. The van der Waals surface area contributed by atoms with Crippen molar-refractivity contribution >= 4 is 17.1 Å². The average Bonchev–Trinajstić information content (AvgIpc) is 3.00. The molecule has 0 aliphatic rings. The van der Waals surface area contributed by atoms with Crippen molar-refractivity contribution in [3.63, 3.8) is 0 Å². The molecular weight excluding hydrogens is 294 g/mol. The summed E-state index contributed by atoms with van der Waals surface area (Å²) in [5, 5.41) is 19.8. The van der Waals surface area contributed by atoms with Crippen molar-refractivity contribution in [2.24, 2.45) is 0 Å². The lowest BCUT2D eigenvalue weighted by Gasteiger charge is -2.21. The van der Waals surface area contributed by atoms with Gasteiger partial charge in [0.1, 0.15) is 11.3 Å². The van der Waals surface area contributed by atoms with Gasteiger partial charge in [0.05, 0.1) is 18.8 Å². The van der Waals surface area contributed by atoms with Gasteiger partial charge in [-0.3, -0.25) is 4.98 Å². The molecule has 120 valence electrons. The van der Waals surface area contributed by atoms with Gasteiger partial charge in [0, 0.05) is 23.9 Å². The maximum atomic E-state index is 10.3. The molecule has 2 N–H and O–H groups in total. The van der Waals surface area contributed by atoms with E-state index in [1.165, 1.54) is 0 Å². The van der Waals surface area contributed by atoms with E-state index in [2.05, 4.69) is 9.97 Å². The predicted molar refractivity (Wildman–Crippen MR) is 87.3 cm³/mol. The molecule has 0 fully saturated rings. The number of aliphatic hydroxyl groups excluding tert-OH is 1. The largest absolute Gasteiger partial charge is 0.506 e. The number of hydrogen-bond acceptors (Lipinski definition) is 6. The lowest BCUT2D eigenvalue weighted by atomic mass is 10.1. The number of aliphatic hydroxyl groups is 1. The molecule has 23 heavy (non-hydrogen) atoms. The second kappa shape index (κ2) is 6.26. The molecule has 0 radical (unpaired) electrons. The lowest BCUT2D eigenvalue weighted by molar-refractivity contribution is 0.279. The maximum Gasteiger partial charge on any atom is 0.298 e. The molecular formula is C17H19N3O3. The predicted octanol–water partition coefficient (Wildman–Crippen LogP) is 2.76. The van der Waals surface area contributed by atoms with Crippen molar-refractivity contribution in [3.8, 4) is 5.75 Å². The third kappa shape index (κ3) is 2.85. The number of fused-ring (bicyclic) bond motifs is 1. The summed E-state index contributed by atoms with van der Waals surface area (Å²) in [5.74, 6) is 0.103. The number of aromatic nitrogens is 2. The summed E-state index contributed by atoms with van der Waals surface area (Å²) in [6, 6.07) is 8.06. The molecule has 0 amide bonds. The Hall–Kier alpha value is -2.60. The molecule has 0 spiro atoms. The molecule has 1 aromatic carbocycles. The van der Waals surface area contributed by atoms with E-state index in [0.717, 1.165) is 11.1 Å². The monoisotopic (exact) mass is 313 g/mol. The summed E-state index contributed by atoms with van der Waals surface area (Å²) in [6.45, 7) is 4.57. The van der Waals surface area contributed by atoms with E-state index < -0.39 is 0 Å². The number of para-hydroxylation sites is 2. The van der Waals surface area contributed by atoms with Gasteiger partial charge in [0.15, 0.2) is 5.58 Å². The van der Waals surface area contributed by atoms with Crippen molar-refractivity contribution in [2.75, 3.05) is 11.4 Å².